The number of ether oxygens (including phenoxy) is 1. The van der Waals surface area contributed by atoms with E-state index in [0.29, 0.717) is 34.8 Å². The van der Waals surface area contributed by atoms with Crippen LogP contribution in [0.25, 0.3) is 11.0 Å². The molecule has 1 atom stereocenters. The summed E-state index contributed by atoms with van der Waals surface area (Å²) in [7, 11) is 5.29. The average Bonchev–Trinajstić information content (AvgIpc) is 3.35. The molecule has 0 fully saturated rings. The highest BCUT2D eigenvalue weighted by molar-refractivity contribution is 6.31. The minimum atomic E-state index is -0.732. The van der Waals surface area contributed by atoms with Gasteiger partial charge in [0.2, 0.25) is 5.78 Å². The molecule has 1 aliphatic heterocycles. The summed E-state index contributed by atoms with van der Waals surface area (Å²) in [6.45, 7) is 2.97. The van der Waals surface area contributed by atoms with Crippen molar-refractivity contribution in [3.63, 3.8) is 0 Å². The number of Topliss-reactive ketones (excluding diaryl/α,β-unsaturated/α-hetero) is 1. The lowest BCUT2D eigenvalue weighted by molar-refractivity contribution is -0.129. The Morgan fingerprint density at radius 2 is 1.91 bits per heavy atom. The molecule has 1 N–H and O–H groups in total. The van der Waals surface area contributed by atoms with E-state index in [4.69, 9.17) is 20.8 Å². The van der Waals surface area contributed by atoms with Crippen molar-refractivity contribution in [2.45, 2.75) is 19.4 Å². The maximum Gasteiger partial charge on any atom is 0.290 e. The smallest absolute Gasteiger partial charge is 0.290 e. The quantitative estimate of drug-likeness (QED) is 0.464. The van der Waals surface area contributed by atoms with Gasteiger partial charge in [-0.3, -0.25) is 9.59 Å². The van der Waals surface area contributed by atoms with Crippen LogP contribution in [0.5, 0.6) is 5.75 Å². The third kappa shape index (κ3) is 4.29. The molecule has 3 aromatic rings. The topological polar surface area (TPSA) is 83.2 Å². The Hall–Kier alpha value is -3.29. The number of benzene rings is 2. The zero-order valence-corrected chi connectivity index (χ0v) is 20.3. The largest absolute Gasteiger partial charge is 0.503 e. The molecule has 178 valence electrons. The van der Waals surface area contributed by atoms with Crippen molar-refractivity contribution in [1.82, 2.24) is 9.80 Å². The molecule has 2 aromatic carbocycles. The van der Waals surface area contributed by atoms with Gasteiger partial charge in [0.15, 0.2) is 22.9 Å². The lowest BCUT2D eigenvalue weighted by Gasteiger charge is -2.28. The predicted molar refractivity (Wildman–Crippen MR) is 131 cm³/mol. The molecule has 1 aromatic heterocycles. The van der Waals surface area contributed by atoms with E-state index in [1.807, 2.05) is 43.3 Å². The number of likely N-dealkylation sites (N-methyl/N-ethyl adjacent to an activating group) is 1. The summed E-state index contributed by atoms with van der Waals surface area (Å²) < 4.78 is 11.2. The van der Waals surface area contributed by atoms with Crippen molar-refractivity contribution >= 4 is 34.3 Å². The summed E-state index contributed by atoms with van der Waals surface area (Å²) in [5, 5.41) is 11.9. The van der Waals surface area contributed by atoms with Gasteiger partial charge in [0.05, 0.1) is 18.7 Å². The minimum absolute atomic E-state index is 0.00266. The first-order valence-corrected chi connectivity index (χ1v) is 11.4. The fourth-order valence-electron chi connectivity index (χ4n) is 4.19. The maximum atomic E-state index is 13.7. The normalized spacial score (nSPS) is 16.2. The minimum Gasteiger partial charge on any atom is -0.503 e. The van der Waals surface area contributed by atoms with Gasteiger partial charge in [-0.25, -0.2) is 0 Å². The molecule has 1 unspecified atom stereocenters. The van der Waals surface area contributed by atoms with Gasteiger partial charge in [0.25, 0.3) is 5.91 Å². The van der Waals surface area contributed by atoms with Crippen LogP contribution < -0.4 is 4.74 Å². The first-order chi connectivity index (χ1) is 16.2. The van der Waals surface area contributed by atoms with Crippen LogP contribution in [0, 0.1) is 0 Å². The van der Waals surface area contributed by atoms with E-state index in [2.05, 4.69) is 6.92 Å². The number of fused-ring (bicyclic) bond motifs is 1. The molecule has 2 heterocycles. The molecule has 0 bridgehead atoms. The molecule has 0 spiro atoms. The molecule has 8 heteroatoms. The molecule has 0 saturated heterocycles. The number of amides is 1. The number of aliphatic hydroxyl groups excluding tert-OH is 1. The number of aryl methyl sites for hydroxylation is 1. The number of methoxy groups -OCH3 is 1. The predicted octanol–water partition coefficient (Wildman–Crippen LogP) is 4.80. The van der Waals surface area contributed by atoms with E-state index in [9.17, 15) is 14.7 Å². The lowest BCUT2D eigenvalue weighted by Crippen LogP contribution is -2.36. The Balaban J connectivity index is 1.80. The highest BCUT2D eigenvalue weighted by Crippen LogP contribution is 2.40. The highest BCUT2D eigenvalue weighted by atomic mass is 35.5. The van der Waals surface area contributed by atoms with E-state index in [1.165, 1.54) is 12.0 Å². The summed E-state index contributed by atoms with van der Waals surface area (Å²) in [5.41, 5.74) is 2.24. The molecule has 7 nitrogen and oxygen atoms in total. The van der Waals surface area contributed by atoms with Crippen molar-refractivity contribution in [3.05, 3.63) is 75.7 Å². The lowest BCUT2D eigenvalue weighted by atomic mass is 9.94. The second-order valence-corrected chi connectivity index (χ2v) is 8.96. The van der Waals surface area contributed by atoms with Crippen LogP contribution >= 0.6 is 11.6 Å². The molecular formula is C26H27ClN2O5. The number of carbonyl (C=O) groups is 2. The number of hydrogen-bond acceptors (Lipinski definition) is 6. The van der Waals surface area contributed by atoms with Crippen molar-refractivity contribution in [2.24, 2.45) is 0 Å². The number of aliphatic hydroxyl groups is 1. The summed E-state index contributed by atoms with van der Waals surface area (Å²) >= 11 is 6.16. The molecular weight excluding hydrogens is 456 g/mol. The summed E-state index contributed by atoms with van der Waals surface area (Å²) in [6, 6.07) is 11.8. The van der Waals surface area contributed by atoms with E-state index in [1.54, 1.807) is 18.2 Å². The van der Waals surface area contributed by atoms with Crippen LogP contribution in [-0.4, -0.2) is 60.9 Å². The standard InChI is InChI=1S/C26H27ClN2O5/c1-5-15-6-8-16(9-7-15)22-21(24(31)26(32)29(22)11-10-28(2)3)23(30)19-13-17-12-18(27)14-20(33-4)25(17)34-19/h6-9,12-14,22,31H,5,10-11H2,1-4H3. The van der Waals surface area contributed by atoms with E-state index >= 15 is 0 Å². The highest BCUT2D eigenvalue weighted by Gasteiger charge is 2.44. The first kappa shape index (κ1) is 23.9. The van der Waals surface area contributed by atoms with E-state index in [-0.39, 0.29) is 11.3 Å². The molecule has 1 aliphatic rings. The van der Waals surface area contributed by atoms with Gasteiger partial charge in [0, 0.05) is 29.6 Å². The number of furan rings is 1. The Morgan fingerprint density at radius 3 is 2.53 bits per heavy atom. The SMILES string of the molecule is CCc1ccc(C2C(C(=O)c3cc4cc(Cl)cc(OC)c4o3)=C(O)C(=O)N2CCN(C)C)cc1. The number of rotatable bonds is 8. The van der Waals surface area contributed by atoms with Crippen LogP contribution in [0.1, 0.15) is 34.6 Å². The molecule has 0 saturated carbocycles. The van der Waals surface area contributed by atoms with Gasteiger partial charge in [-0.05, 0) is 43.8 Å². The van der Waals surface area contributed by atoms with Gasteiger partial charge in [-0.1, -0.05) is 42.8 Å². The van der Waals surface area contributed by atoms with Gasteiger partial charge >= 0.3 is 0 Å². The Kier molecular flexibility index (Phi) is 6.68. The summed E-state index contributed by atoms with van der Waals surface area (Å²) in [5.74, 6) is -1.31. The van der Waals surface area contributed by atoms with Gasteiger partial charge in [-0.2, -0.15) is 0 Å². The summed E-state index contributed by atoms with van der Waals surface area (Å²) in [6.07, 6.45) is 0.866. The van der Waals surface area contributed by atoms with Crippen LogP contribution in [0.3, 0.4) is 0 Å². The zero-order valence-electron chi connectivity index (χ0n) is 19.6. The Morgan fingerprint density at radius 1 is 1.21 bits per heavy atom. The van der Waals surface area contributed by atoms with Gasteiger partial charge in [0.1, 0.15) is 0 Å². The maximum absolute atomic E-state index is 13.7. The Labute approximate surface area is 203 Å². The number of halogens is 1. The zero-order chi connectivity index (χ0) is 24.6. The number of hydrogen-bond donors (Lipinski definition) is 1. The van der Waals surface area contributed by atoms with Crippen LogP contribution in [0.4, 0.5) is 0 Å². The third-order valence-electron chi connectivity index (χ3n) is 6.03. The van der Waals surface area contributed by atoms with E-state index in [0.717, 1.165) is 17.5 Å². The van der Waals surface area contributed by atoms with Crippen molar-refractivity contribution in [3.8, 4) is 5.75 Å². The molecule has 0 radical (unpaired) electrons. The monoisotopic (exact) mass is 482 g/mol. The van der Waals surface area contributed by atoms with E-state index < -0.39 is 23.5 Å². The third-order valence-corrected chi connectivity index (χ3v) is 6.25. The second kappa shape index (κ2) is 9.52. The number of carbonyl (C=O) groups excluding carboxylic acids is 2. The van der Waals surface area contributed by atoms with Crippen molar-refractivity contribution in [2.75, 3.05) is 34.3 Å². The molecule has 4 rings (SSSR count). The number of nitrogens with zero attached hydrogens (tertiary/aromatic N) is 2. The van der Waals surface area contributed by atoms with Crippen LogP contribution in [0.2, 0.25) is 5.02 Å². The van der Waals surface area contributed by atoms with Gasteiger partial charge in [-0.15, -0.1) is 0 Å². The van der Waals surface area contributed by atoms with Gasteiger partial charge < -0.3 is 24.1 Å². The molecule has 34 heavy (non-hydrogen) atoms. The molecule has 0 aliphatic carbocycles. The molecule has 1 amide bonds. The number of ketones is 1. The van der Waals surface area contributed by atoms with Crippen molar-refractivity contribution in [1.29, 1.82) is 0 Å². The van der Waals surface area contributed by atoms with Crippen molar-refractivity contribution < 1.29 is 23.8 Å². The van der Waals surface area contributed by atoms with Crippen LogP contribution in [0.15, 0.2) is 58.2 Å². The van der Waals surface area contributed by atoms with Crippen LogP contribution in [-0.2, 0) is 11.2 Å². The fourth-order valence-corrected chi connectivity index (χ4v) is 4.40. The second-order valence-electron chi connectivity index (χ2n) is 8.53. The Bertz CT molecular complexity index is 1280. The average molecular weight is 483 g/mol. The summed E-state index contributed by atoms with van der Waals surface area (Å²) in [4.78, 5) is 30.2. The fraction of sp³-hybridized carbons (Fsp3) is 0.308. The first-order valence-electron chi connectivity index (χ1n) is 11.0.